The number of rotatable bonds is 6. The predicted octanol–water partition coefficient (Wildman–Crippen LogP) is 1.75. The van der Waals surface area contributed by atoms with Crippen LogP contribution in [0.4, 0.5) is 0 Å². The first-order valence-electron chi connectivity index (χ1n) is 6.61. The van der Waals surface area contributed by atoms with Gasteiger partial charge in [-0.25, -0.2) is 0 Å². The number of nitrogens with zero attached hydrogens (tertiary/aromatic N) is 2. The van der Waals surface area contributed by atoms with E-state index in [9.17, 15) is 0 Å². The van der Waals surface area contributed by atoms with Gasteiger partial charge in [-0.05, 0) is 44.2 Å². The first kappa shape index (κ1) is 11.9. The fourth-order valence-corrected chi connectivity index (χ4v) is 2.80. The maximum absolute atomic E-state index is 8.87. The second kappa shape index (κ2) is 5.16. The summed E-state index contributed by atoms with van der Waals surface area (Å²) >= 11 is 0. The zero-order chi connectivity index (χ0) is 11.4. The first-order chi connectivity index (χ1) is 7.79. The normalized spacial score (nSPS) is 26.9. The third-order valence-corrected chi connectivity index (χ3v) is 4.01. The smallest absolute Gasteiger partial charge is 0.0628 e. The molecule has 3 nitrogen and oxygen atoms in total. The quantitative estimate of drug-likeness (QED) is 0.743. The zero-order valence-corrected chi connectivity index (χ0v) is 10.3. The lowest BCUT2D eigenvalue weighted by molar-refractivity contribution is 0.168. The molecule has 2 fully saturated rings. The summed E-state index contributed by atoms with van der Waals surface area (Å²) in [6.07, 6.45) is 5.79. The molecule has 0 aromatic rings. The molecule has 0 aromatic heterocycles. The monoisotopic (exact) mass is 221 g/mol. The van der Waals surface area contributed by atoms with Crippen LogP contribution in [0.3, 0.4) is 0 Å². The molecule has 90 valence electrons. The van der Waals surface area contributed by atoms with Crippen molar-refractivity contribution in [2.75, 3.05) is 26.2 Å². The fraction of sp³-hybridized carbons (Fsp3) is 0.923. The van der Waals surface area contributed by atoms with Gasteiger partial charge in [0.25, 0.3) is 0 Å². The average molecular weight is 221 g/mol. The van der Waals surface area contributed by atoms with E-state index in [2.05, 4.69) is 23.2 Å². The molecule has 3 heteroatoms. The minimum Gasteiger partial charge on any atom is -0.315 e. The van der Waals surface area contributed by atoms with Gasteiger partial charge in [0.1, 0.15) is 0 Å². The van der Waals surface area contributed by atoms with Crippen molar-refractivity contribution >= 4 is 0 Å². The van der Waals surface area contributed by atoms with Gasteiger partial charge in [-0.3, -0.25) is 4.90 Å². The Labute approximate surface area is 98.8 Å². The van der Waals surface area contributed by atoms with Crippen LogP contribution in [-0.2, 0) is 0 Å². The largest absolute Gasteiger partial charge is 0.315 e. The molecule has 1 saturated heterocycles. The molecule has 1 atom stereocenters. The van der Waals surface area contributed by atoms with Crippen LogP contribution in [-0.4, -0.2) is 37.1 Å². The molecular weight excluding hydrogens is 198 g/mol. The number of nitriles is 1. The lowest BCUT2D eigenvalue weighted by Crippen LogP contribution is -2.41. The topological polar surface area (TPSA) is 39.1 Å². The minimum atomic E-state index is 0.368. The van der Waals surface area contributed by atoms with E-state index in [1.165, 1.54) is 32.2 Å². The van der Waals surface area contributed by atoms with Gasteiger partial charge in [-0.1, -0.05) is 6.92 Å². The lowest BCUT2D eigenvalue weighted by atomic mass is 10.0. The molecule has 0 spiro atoms. The maximum Gasteiger partial charge on any atom is 0.0628 e. The average Bonchev–Trinajstić information content (AvgIpc) is 2.83. The highest BCUT2D eigenvalue weighted by Crippen LogP contribution is 2.49. The molecule has 1 aliphatic carbocycles. The molecule has 2 aliphatic rings. The highest BCUT2D eigenvalue weighted by Gasteiger charge is 2.44. The Morgan fingerprint density at radius 2 is 2.31 bits per heavy atom. The molecule has 2 rings (SSSR count). The van der Waals surface area contributed by atoms with Crippen LogP contribution in [0.2, 0.25) is 0 Å². The van der Waals surface area contributed by atoms with Crippen molar-refractivity contribution in [3.8, 4) is 6.07 Å². The van der Waals surface area contributed by atoms with Crippen LogP contribution in [0, 0.1) is 16.7 Å². The Kier molecular flexibility index (Phi) is 3.83. The van der Waals surface area contributed by atoms with E-state index in [1.54, 1.807) is 0 Å². The van der Waals surface area contributed by atoms with Crippen molar-refractivity contribution in [2.45, 2.75) is 45.1 Å². The second-order valence-electron chi connectivity index (χ2n) is 5.45. The summed E-state index contributed by atoms with van der Waals surface area (Å²) in [4.78, 5) is 2.63. The van der Waals surface area contributed by atoms with Crippen LogP contribution in [0.15, 0.2) is 0 Å². The summed E-state index contributed by atoms with van der Waals surface area (Å²) in [5, 5.41) is 12.3. The van der Waals surface area contributed by atoms with Crippen LogP contribution in [0.25, 0.3) is 0 Å². The Morgan fingerprint density at radius 1 is 1.50 bits per heavy atom. The second-order valence-corrected chi connectivity index (χ2v) is 5.45. The summed E-state index contributed by atoms with van der Waals surface area (Å²) in [7, 11) is 0. The van der Waals surface area contributed by atoms with Gasteiger partial charge in [-0.2, -0.15) is 5.26 Å². The molecule has 1 saturated carbocycles. The summed E-state index contributed by atoms with van der Waals surface area (Å²) in [5.41, 5.74) is 0.368. The van der Waals surface area contributed by atoms with Gasteiger partial charge in [0.15, 0.2) is 0 Å². The summed E-state index contributed by atoms with van der Waals surface area (Å²) in [6, 6.07) is 3.08. The van der Waals surface area contributed by atoms with Crippen molar-refractivity contribution < 1.29 is 0 Å². The fourth-order valence-electron chi connectivity index (χ4n) is 2.80. The molecule has 0 radical (unpaired) electrons. The van der Waals surface area contributed by atoms with Crippen molar-refractivity contribution in [2.24, 2.45) is 5.41 Å². The summed E-state index contributed by atoms with van der Waals surface area (Å²) < 4.78 is 0. The summed E-state index contributed by atoms with van der Waals surface area (Å²) in [6.45, 7) is 6.90. The van der Waals surface area contributed by atoms with Crippen molar-refractivity contribution in [3.05, 3.63) is 0 Å². The summed E-state index contributed by atoms with van der Waals surface area (Å²) in [5.74, 6) is 0. The zero-order valence-electron chi connectivity index (χ0n) is 10.3. The van der Waals surface area contributed by atoms with Gasteiger partial charge in [-0.15, -0.1) is 0 Å². The highest BCUT2D eigenvalue weighted by atomic mass is 15.2. The van der Waals surface area contributed by atoms with E-state index < -0.39 is 0 Å². The van der Waals surface area contributed by atoms with E-state index in [-0.39, 0.29) is 0 Å². The van der Waals surface area contributed by atoms with E-state index in [1.807, 2.05) is 0 Å². The van der Waals surface area contributed by atoms with Gasteiger partial charge in [0.2, 0.25) is 0 Å². The highest BCUT2D eigenvalue weighted by molar-refractivity contribution is 5.02. The molecule has 0 aromatic carbocycles. The molecule has 1 N–H and O–H groups in total. The number of hydrogen-bond donors (Lipinski definition) is 1. The predicted molar refractivity (Wildman–Crippen MR) is 65.0 cm³/mol. The minimum absolute atomic E-state index is 0.368. The Morgan fingerprint density at radius 3 is 2.81 bits per heavy atom. The Hall–Kier alpha value is -0.590. The molecule has 16 heavy (non-hydrogen) atoms. The Bertz CT molecular complexity index is 259. The van der Waals surface area contributed by atoms with Crippen LogP contribution in [0.5, 0.6) is 0 Å². The molecule has 0 bridgehead atoms. The van der Waals surface area contributed by atoms with Crippen LogP contribution >= 0.6 is 0 Å². The molecular formula is C13H23N3. The Balaban J connectivity index is 1.89. The standard InChI is InChI=1S/C13H23N3/c1-2-9-16(12-3-8-15-10-12)11-13(4-5-13)6-7-14/h12,15H,2-6,8-11H2,1H3. The van der Waals surface area contributed by atoms with E-state index in [0.29, 0.717) is 5.41 Å². The van der Waals surface area contributed by atoms with Crippen LogP contribution < -0.4 is 5.32 Å². The first-order valence-corrected chi connectivity index (χ1v) is 6.61. The van der Waals surface area contributed by atoms with Gasteiger partial charge < -0.3 is 5.32 Å². The van der Waals surface area contributed by atoms with E-state index >= 15 is 0 Å². The maximum atomic E-state index is 8.87. The third kappa shape index (κ3) is 2.75. The molecule has 1 unspecified atom stereocenters. The van der Waals surface area contributed by atoms with Gasteiger partial charge in [0, 0.05) is 25.6 Å². The van der Waals surface area contributed by atoms with Crippen LogP contribution in [0.1, 0.15) is 39.0 Å². The lowest BCUT2D eigenvalue weighted by Gasteiger charge is -2.31. The van der Waals surface area contributed by atoms with Gasteiger partial charge in [0.05, 0.1) is 6.07 Å². The van der Waals surface area contributed by atoms with E-state index in [4.69, 9.17) is 5.26 Å². The van der Waals surface area contributed by atoms with Crippen molar-refractivity contribution in [1.82, 2.24) is 10.2 Å². The third-order valence-electron chi connectivity index (χ3n) is 4.01. The molecule has 1 heterocycles. The molecule has 0 amide bonds. The van der Waals surface area contributed by atoms with E-state index in [0.717, 1.165) is 32.1 Å². The van der Waals surface area contributed by atoms with Gasteiger partial charge >= 0.3 is 0 Å². The van der Waals surface area contributed by atoms with Crippen molar-refractivity contribution in [1.29, 1.82) is 5.26 Å². The molecule has 1 aliphatic heterocycles. The number of nitrogens with one attached hydrogen (secondary N) is 1. The SMILES string of the molecule is CCCN(CC1(CC#N)CC1)C1CCNC1. The van der Waals surface area contributed by atoms with Crippen molar-refractivity contribution in [3.63, 3.8) is 0 Å². The number of hydrogen-bond acceptors (Lipinski definition) is 3.